The molecule has 3 rings (SSSR count). The zero-order valence-electron chi connectivity index (χ0n) is 13.8. The van der Waals surface area contributed by atoms with E-state index in [4.69, 9.17) is 0 Å². The highest BCUT2D eigenvalue weighted by molar-refractivity contribution is 8.13. The highest BCUT2D eigenvalue weighted by Crippen LogP contribution is 2.23. The van der Waals surface area contributed by atoms with Crippen LogP contribution in [-0.4, -0.2) is 34.1 Å². The maximum Gasteiger partial charge on any atom is 0.252 e. The minimum absolute atomic E-state index is 0.0294. The van der Waals surface area contributed by atoms with E-state index in [1.807, 2.05) is 35.7 Å². The molecule has 0 radical (unpaired) electrons. The minimum Gasteiger partial charge on any atom is -0.295 e. The number of nitrogens with zero attached hydrogens (tertiary/aromatic N) is 2. The van der Waals surface area contributed by atoms with Crippen molar-refractivity contribution in [3.05, 3.63) is 58.3 Å². The van der Waals surface area contributed by atoms with E-state index in [-0.39, 0.29) is 11.7 Å². The highest BCUT2D eigenvalue weighted by Gasteiger charge is 2.22. The molecule has 0 unspecified atom stereocenters. The van der Waals surface area contributed by atoms with E-state index in [9.17, 15) is 9.59 Å². The van der Waals surface area contributed by atoms with Crippen molar-refractivity contribution in [2.24, 2.45) is 4.99 Å². The molecular weight excluding hydrogens is 352 g/mol. The lowest BCUT2D eigenvalue weighted by Gasteiger charge is -2.26. The summed E-state index contributed by atoms with van der Waals surface area (Å²) in [5.74, 6) is 0.921. The first-order valence-electron chi connectivity index (χ1n) is 7.99. The second-order valence-corrected chi connectivity index (χ2v) is 7.58. The lowest BCUT2D eigenvalue weighted by molar-refractivity contribution is -0.122. The number of benzene rings is 1. The predicted octanol–water partition coefficient (Wildman–Crippen LogP) is 4.62. The molecule has 2 heterocycles. The van der Waals surface area contributed by atoms with Crippen molar-refractivity contribution in [1.82, 2.24) is 4.90 Å². The van der Waals surface area contributed by atoms with E-state index >= 15 is 0 Å². The fraction of sp³-hybridized carbons (Fsp3) is 0.211. The number of carbonyl (C=O) groups excluding carboxylic acids is 2. The molecule has 0 N–H and O–H groups in total. The van der Waals surface area contributed by atoms with Crippen molar-refractivity contribution in [2.75, 3.05) is 12.3 Å². The maximum atomic E-state index is 12.5. The van der Waals surface area contributed by atoms with Crippen LogP contribution in [0.2, 0.25) is 0 Å². The summed E-state index contributed by atoms with van der Waals surface area (Å²) < 4.78 is 0. The first-order valence-corrected chi connectivity index (χ1v) is 9.85. The molecule has 1 saturated heterocycles. The van der Waals surface area contributed by atoms with Crippen LogP contribution in [0.5, 0.6) is 0 Å². The normalized spacial score (nSPS) is 16.5. The second-order valence-electron chi connectivity index (χ2n) is 5.54. The fourth-order valence-electron chi connectivity index (χ4n) is 2.37. The van der Waals surface area contributed by atoms with Gasteiger partial charge in [-0.05, 0) is 55.1 Å². The molecule has 0 saturated carbocycles. The Bertz CT molecular complexity index is 808. The van der Waals surface area contributed by atoms with Crippen LogP contribution in [0.1, 0.15) is 28.6 Å². The van der Waals surface area contributed by atoms with Crippen molar-refractivity contribution in [3.63, 3.8) is 0 Å². The van der Waals surface area contributed by atoms with Gasteiger partial charge in [-0.1, -0.05) is 17.8 Å². The Kier molecular flexibility index (Phi) is 5.83. The first-order chi connectivity index (χ1) is 12.1. The van der Waals surface area contributed by atoms with Crippen LogP contribution >= 0.6 is 23.1 Å². The van der Waals surface area contributed by atoms with E-state index in [0.29, 0.717) is 17.3 Å². The Labute approximate surface area is 155 Å². The minimum atomic E-state index is -0.0558. The third-order valence-corrected chi connectivity index (χ3v) is 5.59. The summed E-state index contributed by atoms with van der Waals surface area (Å²) in [6, 6.07) is 11.1. The van der Waals surface area contributed by atoms with Gasteiger partial charge in [-0.15, -0.1) is 11.3 Å². The number of amides is 1. The molecule has 1 aliphatic heterocycles. The van der Waals surface area contributed by atoms with Crippen molar-refractivity contribution in [2.45, 2.75) is 13.3 Å². The molecule has 6 heteroatoms. The third-order valence-electron chi connectivity index (χ3n) is 3.69. The van der Waals surface area contributed by atoms with E-state index in [2.05, 4.69) is 4.99 Å². The SMILES string of the molecule is CC(=O)c1ccc(N=C2SCCCN2C(=O)/C=C/c2cccs2)cc1. The topological polar surface area (TPSA) is 49.7 Å². The molecular formula is C19H18N2O2S2. The van der Waals surface area contributed by atoms with Gasteiger partial charge >= 0.3 is 0 Å². The number of hydrogen-bond acceptors (Lipinski definition) is 5. The molecule has 2 aromatic rings. The molecule has 0 spiro atoms. The summed E-state index contributed by atoms with van der Waals surface area (Å²) in [7, 11) is 0. The fourth-order valence-corrected chi connectivity index (χ4v) is 3.95. The monoisotopic (exact) mass is 370 g/mol. The molecule has 1 aromatic carbocycles. The first kappa shape index (κ1) is 17.6. The number of rotatable bonds is 4. The summed E-state index contributed by atoms with van der Waals surface area (Å²) in [5.41, 5.74) is 1.40. The summed E-state index contributed by atoms with van der Waals surface area (Å²) >= 11 is 3.18. The molecule has 1 aliphatic rings. The molecule has 25 heavy (non-hydrogen) atoms. The number of Topliss-reactive ketones (excluding diaryl/α,β-unsaturated/α-hetero) is 1. The van der Waals surface area contributed by atoms with Gasteiger partial charge in [0, 0.05) is 28.8 Å². The molecule has 1 aromatic heterocycles. The number of ketones is 1. The van der Waals surface area contributed by atoms with Crippen molar-refractivity contribution >= 4 is 51.7 Å². The van der Waals surface area contributed by atoms with Gasteiger partial charge in [-0.2, -0.15) is 0 Å². The van der Waals surface area contributed by atoms with Crippen LogP contribution in [-0.2, 0) is 4.79 Å². The lowest BCUT2D eigenvalue weighted by atomic mass is 10.1. The van der Waals surface area contributed by atoms with Crippen molar-refractivity contribution < 1.29 is 9.59 Å². The van der Waals surface area contributed by atoms with Crippen LogP contribution in [0.25, 0.3) is 6.08 Å². The summed E-state index contributed by atoms with van der Waals surface area (Å²) in [6.07, 6.45) is 4.39. The number of amidine groups is 1. The van der Waals surface area contributed by atoms with Gasteiger partial charge < -0.3 is 0 Å². The van der Waals surface area contributed by atoms with Crippen LogP contribution in [0.4, 0.5) is 5.69 Å². The number of thioether (sulfide) groups is 1. The summed E-state index contributed by atoms with van der Waals surface area (Å²) in [4.78, 5) is 31.3. The van der Waals surface area contributed by atoms with Crippen LogP contribution in [0.3, 0.4) is 0 Å². The third kappa shape index (κ3) is 4.67. The van der Waals surface area contributed by atoms with Crippen molar-refractivity contribution in [3.8, 4) is 0 Å². The summed E-state index contributed by atoms with van der Waals surface area (Å²) in [6.45, 7) is 2.21. The Morgan fingerprint density at radius 1 is 1.20 bits per heavy atom. The van der Waals surface area contributed by atoms with E-state index in [1.54, 1.807) is 46.2 Å². The number of thiophene rings is 1. The lowest BCUT2D eigenvalue weighted by Crippen LogP contribution is -2.38. The van der Waals surface area contributed by atoms with Crippen LogP contribution in [0.15, 0.2) is 52.8 Å². The predicted molar refractivity (Wildman–Crippen MR) is 106 cm³/mol. The quantitative estimate of drug-likeness (QED) is 0.583. The molecule has 0 atom stereocenters. The molecule has 0 bridgehead atoms. The number of carbonyl (C=O) groups is 2. The highest BCUT2D eigenvalue weighted by atomic mass is 32.2. The van der Waals surface area contributed by atoms with Crippen LogP contribution in [0, 0.1) is 0 Å². The summed E-state index contributed by atoms with van der Waals surface area (Å²) in [5, 5.41) is 2.70. The van der Waals surface area contributed by atoms with Gasteiger partial charge in [-0.3, -0.25) is 14.5 Å². The van der Waals surface area contributed by atoms with E-state index < -0.39 is 0 Å². The average Bonchev–Trinajstić information content (AvgIpc) is 3.14. The van der Waals surface area contributed by atoms with Gasteiger partial charge in [0.05, 0.1) is 5.69 Å². The van der Waals surface area contributed by atoms with Gasteiger partial charge in [0.1, 0.15) is 0 Å². The average molecular weight is 370 g/mol. The molecule has 1 amide bonds. The molecule has 4 nitrogen and oxygen atoms in total. The van der Waals surface area contributed by atoms with E-state index in [1.165, 1.54) is 6.92 Å². The maximum absolute atomic E-state index is 12.5. The van der Waals surface area contributed by atoms with Gasteiger partial charge in [-0.25, -0.2) is 4.99 Å². The zero-order chi connectivity index (χ0) is 17.6. The standard InChI is InChI=1S/C19H18N2O2S2/c1-14(22)15-5-7-16(8-6-15)20-19-21(11-3-13-25-19)18(23)10-9-17-4-2-12-24-17/h2,4-10,12H,3,11,13H2,1H3/b10-9+,20-19?. The van der Waals surface area contributed by atoms with Gasteiger partial charge in [0.15, 0.2) is 11.0 Å². The van der Waals surface area contributed by atoms with Gasteiger partial charge in [0.2, 0.25) is 0 Å². The van der Waals surface area contributed by atoms with Gasteiger partial charge in [0.25, 0.3) is 5.91 Å². The number of hydrogen-bond donors (Lipinski definition) is 0. The van der Waals surface area contributed by atoms with E-state index in [0.717, 1.165) is 22.7 Å². The zero-order valence-corrected chi connectivity index (χ0v) is 15.5. The largest absolute Gasteiger partial charge is 0.295 e. The Morgan fingerprint density at radius 3 is 2.68 bits per heavy atom. The Hall–Kier alpha value is -2.18. The van der Waals surface area contributed by atoms with Crippen LogP contribution < -0.4 is 0 Å². The Balaban J connectivity index is 1.77. The van der Waals surface area contributed by atoms with Crippen molar-refractivity contribution in [1.29, 1.82) is 0 Å². The Morgan fingerprint density at radius 2 is 2.00 bits per heavy atom. The molecule has 128 valence electrons. The molecule has 0 aliphatic carbocycles. The molecule has 1 fully saturated rings. The number of aliphatic imine (C=N–C) groups is 1. The smallest absolute Gasteiger partial charge is 0.252 e. The second kappa shape index (κ2) is 8.27.